The Kier molecular flexibility index (Phi) is 5.94. The maximum Gasteiger partial charge on any atom is 0.137 e. The third-order valence-corrected chi connectivity index (χ3v) is 4.75. The van der Waals surface area contributed by atoms with Crippen LogP contribution in [0.1, 0.15) is 82.0 Å². The number of rotatable bonds is 5. The lowest BCUT2D eigenvalue weighted by atomic mass is 9.84. The second kappa shape index (κ2) is 7.50. The molecule has 0 bridgehead atoms. The van der Waals surface area contributed by atoms with Gasteiger partial charge in [0.15, 0.2) is 0 Å². The zero-order valence-electron chi connectivity index (χ0n) is 13.7. The van der Waals surface area contributed by atoms with Crippen molar-refractivity contribution >= 4 is 12.2 Å². The largest absolute Gasteiger partial charge is 0.370 e. The highest BCUT2D eigenvalue weighted by Gasteiger charge is 2.28. The van der Waals surface area contributed by atoms with Crippen LogP contribution in [0.15, 0.2) is 0 Å². The summed E-state index contributed by atoms with van der Waals surface area (Å²) in [6, 6.07) is 0. The molecule has 1 aliphatic carbocycles. The lowest BCUT2D eigenvalue weighted by Crippen LogP contribution is -2.22. The molecule has 1 fully saturated rings. The molecule has 0 saturated heterocycles. The molecule has 0 aromatic carbocycles. The molecule has 1 atom stereocenters. The van der Waals surface area contributed by atoms with Crippen LogP contribution in [0.4, 0.5) is 0 Å². The molecule has 1 aromatic heterocycles. The third kappa shape index (κ3) is 3.92. The fourth-order valence-corrected chi connectivity index (χ4v) is 3.97. The van der Waals surface area contributed by atoms with Crippen molar-refractivity contribution in [3.63, 3.8) is 0 Å². The molecule has 2 rings (SSSR count). The number of ether oxygens (including phenoxy) is 1. The summed E-state index contributed by atoms with van der Waals surface area (Å²) in [6.07, 6.45) is 6.49. The van der Waals surface area contributed by atoms with E-state index in [4.69, 9.17) is 17.0 Å². The zero-order chi connectivity index (χ0) is 15.4. The van der Waals surface area contributed by atoms with Gasteiger partial charge in [0.2, 0.25) is 0 Å². The Balaban J connectivity index is 2.34. The number of nitrogens with zero attached hydrogens (tertiary/aromatic N) is 1. The van der Waals surface area contributed by atoms with Crippen LogP contribution in [0.3, 0.4) is 0 Å². The van der Waals surface area contributed by atoms with Gasteiger partial charge in [-0.05, 0) is 38.5 Å². The number of aromatic amines is 1. The van der Waals surface area contributed by atoms with Crippen molar-refractivity contribution in [2.45, 2.75) is 71.8 Å². The van der Waals surface area contributed by atoms with E-state index in [2.05, 4.69) is 37.7 Å². The fraction of sp³-hybridized carbons (Fsp3) is 0.765. The van der Waals surface area contributed by atoms with Crippen LogP contribution >= 0.6 is 12.2 Å². The zero-order valence-corrected chi connectivity index (χ0v) is 14.6. The quantitative estimate of drug-likeness (QED) is 0.757. The van der Waals surface area contributed by atoms with Gasteiger partial charge in [-0.2, -0.15) is 0 Å². The molecule has 0 aliphatic heterocycles. The van der Waals surface area contributed by atoms with Crippen molar-refractivity contribution in [3.8, 4) is 0 Å². The normalized spacial score (nSPS) is 18.1. The summed E-state index contributed by atoms with van der Waals surface area (Å²) < 4.78 is 6.77. The van der Waals surface area contributed by atoms with Crippen molar-refractivity contribution in [1.29, 1.82) is 0 Å². The van der Waals surface area contributed by atoms with Crippen molar-refractivity contribution in [3.05, 3.63) is 21.7 Å². The first kappa shape index (κ1) is 16.6. The highest BCUT2D eigenvalue weighted by Crippen LogP contribution is 2.36. The molecule has 1 unspecified atom stereocenters. The third-order valence-electron chi connectivity index (χ3n) is 4.44. The summed E-state index contributed by atoms with van der Waals surface area (Å²) in [6.45, 7) is 9.19. The number of H-pyrrole nitrogens is 1. The van der Waals surface area contributed by atoms with Gasteiger partial charge in [0.25, 0.3) is 0 Å². The van der Waals surface area contributed by atoms with E-state index < -0.39 is 0 Å². The average molecular weight is 308 g/mol. The standard InChI is InChI=1S/C17H28N2OS/c1-5-20-15(13-9-7-6-8-10-13)16-18-12(4)14(11(2)3)17(21)19-16/h11,13,15H,5-10H2,1-4H3,(H,18,19,21). The van der Waals surface area contributed by atoms with E-state index in [1.54, 1.807) is 0 Å². The van der Waals surface area contributed by atoms with Gasteiger partial charge in [-0.1, -0.05) is 45.3 Å². The SMILES string of the molecule is CCOC(c1nc(=S)c(C(C)C)c(C)[nH]1)C1CCCCC1. The first-order valence-corrected chi connectivity index (χ1v) is 8.67. The van der Waals surface area contributed by atoms with Crippen LogP contribution in [0, 0.1) is 17.5 Å². The molecule has 4 heteroatoms. The minimum atomic E-state index is 0.0666. The van der Waals surface area contributed by atoms with Crippen LogP contribution in [-0.2, 0) is 4.74 Å². The molecular formula is C17H28N2OS. The van der Waals surface area contributed by atoms with Gasteiger partial charge < -0.3 is 9.72 Å². The van der Waals surface area contributed by atoms with Crippen LogP contribution in [0.25, 0.3) is 0 Å². The van der Waals surface area contributed by atoms with Gasteiger partial charge in [0.1, 0.15) is 16.6 Å². The number of aromatic nitrogens is 2. The predicted molar refractivity (Wildman–Crippen MR) is 89.2 cm³/mol. The van der Waals surface area contributed by atoms with E-state index in [0.717, 1.165) is 21.7 Å². The number of aryl methyl sites for hydroxylation is 1. The summed E-state index contributed by atoms with van der Waals surface area (Å²) in [5, 5.41) is 0. The maximum absolute atomic E-state index is 6.04. The molecule has 1 N–H and O–H groups in total. The summed E-state index contributed by atoms with van der Waals surface area (Å²) in [7, 11) is 0. The fourth-order valence-electron chi connectivity index (χ4n) is 3.49. The van der Waals surface area contributed by atoms with Gasteiger partial charge in [-0.15, -0.1) is 0 Å². The van der Waals surface area contributed by atoms with Gasteiger partial charge in [-0.3, -0.25) is 0 Å². The number of hydrogen-bond donors (Lipinski definition) is 1. The molecule has 1 aromatic rings. The van der Waals surface area contributed by atoms with E-state index in [0.29, 0.717) is 18.4 Å². The summed E-state index contributed by atoms with van der Waals surface area (Å²) in [5.74, 6) is 1.90. The van der Waals surface area contributed by atoms with Crippen LogP contribution in [-0.4, -0.2) is 16.6 Å². The molecule has 1 heterocycles. The molecule has 21 heavy (non-hydrogen) atoms. The van der Waals surface area contributed by atoms with Crippen molar-refractivity contribution in [2.24, 2.45) is 5.92 Å². The molecule has 0 radical (unpaired) electrons. The topological polar surface area (TPSA) is 37.9 Å². The molecular weight excluding hydrogens is 280 g/mol. The molecule has 118 valence electrons. The smallest absolute Gasteiger partial charge is 0.137 e. The van der Waals surface area contributed by atoms with Crippen LogP contribution in [0.5, 0.6) is 0 Å². The van der Waals surface area contributed by atoms with Crippen molar-refractivity contribution in [1.82, 2.24) is 9.97 Å². The summed E-state index contributed by atoms with van der Waals surface area (Å²) in [5.41, 5.74) is 2.30. The highest BCUT2D eigenvalue weighted by molar-refractivity contribution is 7.71. The Bertz CT molecular complexity index is 518. The van der Waals surface area contributed by atoms with E-state index >= 15 is 0 Å². The van der Waals surface area contributed by atoms with Crippen molar-refractivity contribution < 1.29 is 4.74 Å². The molecule has 0 amide bonds. The highest BCUT2D eigenvalue weighted by atomic mass is 32.1. The van der Waals surface area contributed by atoms with E-state index in [9.17, 15) is 0 Å². The van der Waals surface area contributed by atoms with Gasteiger partial charge in [0, 0.05) is 17.9 Å². The number of hydrogen-bond acceptors (Lipinski definition) is 3. The van der Waals surface area contributed by atoms with E-state index in [1.165, 1.54) is 32.1 Å². The minimum Gasteiger partial charge on any atom is -0.370 e. The van der Waals surface area contributed by atoms with Gasteiger partial charge >= 0.3 is 0 Å². The Hall–Kier alpha value is -0.740. The van der Waals surface area contributed by atoms with Gasteiger partial charge in [0.05, 0.1) is 0 Å². The summed E-state index contributed by atoms with van der Waals surface area (Å²) in [4.78, 5) is 8.16. The summed E-state index contributed by atoms with van der Waals surface area (Å²) >= 11 is 5.52. The Morgan fingerprint density at radius 1 is 1.29 bits per heavy atom. The first-order chi connectivity index (χ1) is 10.0. The van der Waals surface area contributed by atoms with Gasteiger partial charge in [-0.25, -0.2) is 4.98 Å². The average Bonchev–Trinajstić information content (AvgIpc) is 2.44. The van der Waals surface area contributed by atoms with E-state index in [-0.39, 0.29) is 6.10 Å². The lowest BCUT2D eigenvalue weighted by molar-refractivity contribution is -0.000397. The van der Waals surface area contributed by atoms with Crippen LogP contribution < -0.4 is 0 Å². The Labute approximate surface area is 133 Å². The molecule has 1 saturated carbocycles. The lowest BCUT2D eigenvalue weighted by Gasteiger charge is -2.30. The maximum atomic E-state index is 6.04. The predicted octanol–water partition coefficient (Wildman–Crippen LogP) is 5.23. The molecule has 3 nitrogen and oxygen atoms in total. The van der Waals surface area contributed by atoms with Crippen LogP contribution in [0.2, 0.25) is 0 Å². The van der Waals surface area contributed by atoms with Crippen molar-refractivity contribution in [2.75, 3.05) is 6.61 Å². The number of nitrogens with one attached hydrogen (secondary N) is 1. The Morgan fingerprint density at radius 2 is 1.95 bits per heavy atom. The minimum absolute atomic E-state index is 0.0666. The van der Waals surface area contributed by atoms with E-state index in [1.807, 2.05) is 0 Å². The molecule has 0 spiro atoms. The second-order valence-electron chi connectivity index (χ2n) is 6.39. The first-order valence-electron chi connectivity index (χ1n) is 8.26. The second-order valence-corrected chi connectivity index (χ2v) is 6.78. The Morgan fingerprint density at radius 3 is 2.48 bits per heavy atom. The molecule has 1 aliphatic rings. The monoisotopic (exact) mass is 308 g/mol.